The molecule has 3 nitrogen and oxygen atoms in total. The Balaban J connectivity index is 1.87. The van der Waals surface area contributed by atoms with Crippen LogP contribution in [0.5, 0.6) is 0 Å². The van der Waals surface area contributed by atoms with Gasteiger partial charge in [-0.3, -0.25) is 4.99 Å². The van der Waals surface area contributed by atoms with Crippen molar-refractivity contribution in [3.63, 3.8) is 0 Å². The number of allylic oxidation sites excluding steroid dienone is 2. The van der Waals surface area contributed by atoms with Gasteiger partial charge in [0.2, 0.25) is 0 Å². The van der Waals surface area contributed by atoms with Crippen LogP contribution in [0.3, 0.4) is 0 Å². The summed E-state index contributed by atoms with van der Waals surface area (Å²) in [5.41, 5.74) is 1.85. The molecule has 0 fully saturated rings. The van der Waals surface area contributed by atoms with Gasteiger partial charge in [0.25, 0.3) is 0 Å². The summed E-state index contributed by atoms with van der Waals surface area (Å²) in [6.45, 7) is 0.877. The molecule has 0 aromatic heterocycles. The number of fused-ring (bicyclic) bond motifs is 1. The van der Waals surface area contributed by atoms with Gasteiger partial charge in [-0.25, -0.2) is 0 Å². The van der Waals surface area contributed by atoms with Gasteiger partial charge in [-0.05, 0) is 29.8 Å². The van der Waals surface area contributed by atoms with Gasteiger partial charge in [0.15, 0.2) is 0 Å². The molecule has 2 aliphatic heterocycles. The first-order chi connectivity index (χ1) is 8.36. The first-order valence-electron chi connectivity index (χ1n) is 5.56. The first-order valence-corrected chi connectivity index (χ1v) is 5.56. The Hall–Kier alpha value is -2.34. The van der Waals surface area contributed by atoms with Gasteiger partial charge in [-0.1, -0.05) is 18.2 Å². The zero-order valence-corrected chi connectivity index (χ0v) is 9.24. The monoisotopic (exact) mass is 221 g/mol. The van der Waals surface area contributed by atoms with E-state index in [-0.39, 0.29) is 6.04 Å². The molecule has 1 aromatic carbocycles. The van der Waals surface area contributed by atoms with E-state index < -0.39 is 0 Å². The van der Waals surface area contributed by atoms with Crippen molar-refractivity contribution in [3.05, 3.63) is 59.8 Å². The summed E-state index contributed by atoms with van der Waals surface area (Å²) < 4.78 is 0. The minimum absolute atomic E-state index is 0.171. The Kier molecular flexibility index (Phi) is 2.27. The van der Waals surface area contributed by atoms with E-state index in [1.807, 2.05) is 48.7 Å². The number of amidine groups is 1. The molecule has 17 heavy (non-hydrogen) atoms. The highest BCUT2D eigenvalue weighted by atomic mass is 15.2. The van der Waals surface area contributed by atoms with Gasteiger partial charge >= 0.3 is 0 Å². The van der Waals surface area contributed by atoms with E-state index in [4.69, 9.17) is 5.26 Å². The SMILES string of the molecule is N#Cc1ccc(C2CN3C=CC=CC3=N2)cc1. The first kappa shape index (κ1) is 9.86. The van der Waals surface area contributed by atoms with Crippen LogP contribution in [0.4, 0.5) is 0 Å². The lowest BCUT2D eigenvalue weighted by atomic mass is 10.1. The van der Waals surface area contributed by atoms with Crippen molar-refractivity contribution in [1.82, 2.24) is 4.90 Å². The van der Waals surface area contributed by atoms with Crippen molar-refractivity contribution >= 4 is 5.84 Å². The molecule has 0 bridgehead atoms. The molecule has 0 aliphatic carbocycles. The number of aliphatic imine (C=N–C) groups is 1. The van der Waals surface area contributed by atoms with Gasteiger partial charge < -0.3 is 4.90 Å². The zero-order valence-electron chi connectivity index (χ0n) is 9.24. The number of hydrogen-bond acceptors (Lipinski definition) is 3. The maximum absolute atomic E-state index is 8.76. The predicted octanol–water partition coefficient (Wildman–Crippen LogP) is 2.40. The number of benzene rings is 1. The van der Waals surface area contributed by atoms with E-state index in [1.165, 1.54) is 0 Å². The quantitative estimate of drug-likeness (QED) is 0.730. The largest absolute Gasteiger partial charge is 0.331 e. The Morgan fingerprint density at radius 2 is 2.06 bits per heavy atom. The summed E-state index contributed by atoms with van der Waals surface area (Å²) >= 11 is 0. The van der Waals surface area contributed by atoms with Crippen LogP contribution in [0, 0.1) is 11.3 Å². The van der Waals surface area contributed by atoms with Gasteiger partial charge in [-0.2, -0.15) is 5.26 Å². The van der Waals surface area contributed by atoms with E-state index in [1.54, 1.807) is 0 Å². The number of hydrogen-bond donors (Lipinski definition) is 0. The van der Waals surface area contributed by atoms with Crippen LogP contribution >= 0.6 is 0 Å². The average molecular weight is 221 g/mol. The Labute approximate surface area is 100 Å². The Bertz CT molecular complexity index is 558. The smallest absolute Gasteiger partial charge is 0.128 e. The van der Waals surface area contributed by atoms with E-state index in [0.29, 0.717) is 5.56 Å². The summed E-state index contributed by atoms with van der Waals surface area (Å²) in [7, 11) is 0. The Morgan fingerprint density at radius 1 is 1.24 bits per heavy atom. The van der Waals surface area contributed by atoms with Crippen LogP contribution in [0.15, 0.2) is 53.7 Å². The van der Waals surface area contributed by atoms with Gasteiger partial charge in [0, 0.05) is 6.20 Å². The van der Waals surface area contributed by atoms with Gasteiger partial charge in [-0.15, -0.1) is 0 Å². The average Bonchev–Trinajstić information content (AvgIpc) is 2.82. The van der Waals surface area contributed by atoms with E-state index in [0.717, 1.165) is 17.9 Å². The molecule has 1 atom stereocenters. The predicted molar refractivity (Wildman–Crippen MR) is 66.3 cm³/mol. The molecule has 0 saturated carbocycles. The summed E-state index contributed by atoms with van der Waals surface area (Å²) in [5.74, 6) is 1.02. The molecule has 0 radical (unpaired) electrons. The normalized spacial score (nSPS) is 21.0. The maximum atomic E-state index is 8.76. The van der Waals surface area contributed by atoms with Crippen molar-refractivity contribution in [2.45, 2.75) is 6.04 Å². The molecule has 1 unspecified atom stereocenters. The van der Waals surface area contributed by atoms with Crippen molar-refractivity contribution in [1.29, 1.82) is 5.26 Å². The molecule has 2 heterocycles. The topological polar surface area (TPSA) is 39.4 Å². The van der Waals surface area contributed by atoms with Crippen LogP contribution in [-0.4, -0.2) is 17.3 Å². The van der Waals surface area contributed by atoms with Crippen LogP contribution in [0.2, 0.25) is 0 Å². The summed E-state index contributed by atoms with van der Waals surface area (Å²) in [6, 6.07) is 9.96. The molecular formula is C14H11N3. The van der Waals surface area contributed by atoms with Crippen molar-refractivity contribution in [2.24, 2.45) is 4.99 Å². The summed E-state index contributed by atoms with van der Waals surface area (Å²) in [5, 5.41) is 8.76. The second-order valence-electron chi connectivity index (χ2n) is 4.09. The molecule has 0 N–H and O–H groups in total. The molecule has 1 aromatic rings. The van der Waals surface area contributed by atoms with E-state index in [9.17, 15) is 0 Å². The third kappa shape index (κ3) is 1.74. The van der Waals surface area contributed by atoms with Gasteiger partial charge in [0.05, 0.1) is 24.2 Å². The minimum atomic E-state index is 0.171. The number of rotatable bonds is 1. The number of nitrogens with zero attached hydrogens (tertiary/aromatic N) is 3. The van der Waals surface area contributed by atoms with Crippen LogP contribution in [-0.2, 0) is 0 Å². The standard InChI is InChI=1S/C14H11N3/c15-9-11-4-6-12(7-5-11)13-10-17-8-2-1-3-14(17)16-13/h1-8,13H,10H2. The van der Waals surface area contributed by atoms with Crippen LogP contribution in [0.1, 0.15) is 17.2 Å². The second-order valence-corrected chi connectivity index (χ2v) is 4.09. The van der Waals surface area contributed by atoms with E-state index >= 15 is 0 Å². The Morgan fingerprint density at radius 3 is 2.76 bits per heavy atom. The molecular weight excluding hydrogens is 210 g/mol. The lowest BCUT2D eigenvalue weighted by Crippen LogP contribution is -2.21. The van der Waals surface area contributed by atoms with Gasteiger partial charge in [0.1, 0.15) is 5.84 Å². The lowest BCUT2D eigenvalue weighted by molar-refractivity contribution is 0.550. The molecule has 2 aliphatic rings. The highest BCUT2D eigenvalue weighted by Crippen LogP contribution is 2.26. The lowest BCUT2D eigenvalue weighted by Gasteiger charge is -2.15. The fourth-order valence-corrected chi connectivity index (χ4v) is 2.09. The summed E-state index contributed by atoms with van der Waals surface area (Å²) in [6.07, 6.45) is 8.07. The molecule has 0 amide bonds. The molecule has 3 rings (SSSR count). The maximum Gasteiger partial charge on any atom is 0.128 e. The molecule has 3 heteroatoms. The molecule has 0 spiro atoms. The van der Waals surface area contributed by atoms with Crippen molar-refractivity contribution in [3.8, 4) is 6.07 Å². The van der Waals surface area contributed by atoms with Crippen molar-refractivity contribution in [2.75, 3.05) is 6.54 Å². The van der Waals surface area contributed by atoms with Crippen LogP contribution < -0.4 is 0 Å². The third-order valence-corrected chi connectivity index (χ3v) is 3.00. The second kappa shape index (κ2) is 3.91. The zero-order chi connectivity index (χ0) is 11.7. The van der Waals surface area contributed by atoms with Crippen molar-refractivity contribution < 1.29 is 0 Å². The van der Waals surface area contributed by atoms with E-state index in [2.05, 4.69) is 16.0 Å². The minimum Gasteiger partial charge on any atom is -0.331 e. The highest BCUT2D eigenvalue weighted by molar-refractivity contribution is 5.96. The highest BCUT2D eigenvalue weighted by Gasteiger charge is 2.23. The fraction of sp³-hybridized carbons (Fsp3) is 0.143. The third-order valence-electron chi connectivity index (χ3n) is 3.00. The molecule has 0 saturated heterocycles. The number of nitriles is 1. The molecule has 82 valence electrons. The van der Waals surface area contributed by atoms with Crippen LogP contribution in [0.25, 0.3) is 0 Å². The summed E-state index contributed by atoms with van der Waals surface area (Å²) in [4.78, 5) is 6.80. The fourth-order valence-electron chi connectivity index (χ4n) is 2.09.